The Bertz CT molecular complexity index is 1260. The molecule has 0 saturated carbocycles. The van der Waals surface area contributed by atoms with Crippen LogP contribution in [0.3, 0.4) is 0 Å². The summed E-state index contributed by atoms with van der Waals surface area (Å²) in [5, 5.41) is 15.8. The number of Topliss-reactive ketones (excluding diaryl/α,β-unsaturated/α-hetero) is 1. The normalized spacial score (nSPS) is 14.0. The topological polar surface area (TPSA) is 114 Å². The minimum atomic E-state index is -4.43. The molecular weight excluding hydrogens is 475 g/mol. The van der Waals surface area contributed by atoms with Crippen molar-refractivity contribution >= 4 is 34.6 Å². The molecule has 1 aliphatic heterocycles. The number of benzene rings is 1. The van der Waals surface area contributed by atoms with Crippen molar-refractivity contribution in [2.24, 2.45) is 4.99 Å². The second kappa shape index (κ2) is 9.51. The smallest absolute Gasteiger partial charge is 0.395 e. The average molecular weight is 494 g/mol. The lowest BCUT2D eigenvalue weighted by molar-refractivity contribution is -0.137. The maximum absolute atomic E-state index is 13.0. The van der Waals surface area contributed by atoms with Gasteiger partial charge in [0.15, 0.2) is 5.78 Å². The fourth-order valence-electron chi connectivity index (χ4n) is 3.52. The first kappa shape index (κ1) is 23.8. The van der Waals surface area contributed by atoms with Crippen LogP contribution in [0.5, 0.6) is 0 Å². The van der Waals surface area contributed by atoms with Gasteiger partial charge in [-0.2, -0.15) is 13.2 Å². The van der Waals surface area contributed by atoms with E-state index in [-0.39, 0.29) is 54.2 Å². The maximum atomic E-state index is 13.0. The summed E-state index contributed by atoms with van der Waals surface area (Å²) in [6.45, 7) is 1.85. The lowest BCUT2D eigenvalue weighted by atomic mass is 9.99. The Kier molecular flexibility index (Phi) is 6.67. The number of alkyl halides is 3. The zero-order chi connectivity index (χ0) is 24.5. The number of fused-ring (bicyclic) bond motifs is 1. The highest BCUT2D eigenvalue weighted by Gasteiger charge is 2.32. The van der Waals surface area contributed by atoms with E-state index in [2.05, 4.69) is 25.4 Å². The SMILES string of the molecule is C[C@@H](CC(=O)c1ncnc(NCCO)c1Cl)c1cc(C2=Nc3ccc(C(F)(F)F)cc3C2)no1. The van der Waals surface area contributed by atoms with Gasteiger partial charge in [-0.05, 0) is 23.8 Å². The number of rotatable bonds is 8. The Hall–Kier alpha value is -3.31. The number of carbonyl (C=O) groups excluding carboxylic acids is 1. The number of aliphatic hydroxyl groups is 1. The summed E-state index contributed by atoms with van der Waals surface area (Å²) in [4.78, 5) is 25.1. The monoisotopic (exact) mass is 493 g/mol. The summed E-state index contributed by atoms with van der Waals surface area (Å²) < 4.78 is 44.3. The maximum Gasteiger partial charge on any atom is 0.416 e. The number of hydrogen-bond acceptors (Lipinski definition) is 8. The third-order valence-corrected chi connectivity index (χ3v) is 5.64. The number of hydrogen-bond donors (Lipinski definition) is 2. The minimum absolute atomic E-state index is 0.0203. The van der Waals surface area contributed by atoms with E-state index in [4.69, 9.17) is 21.2 Å². The van der Waals surface area contributed by atoms with E-state index < -0.39 is 11.7 Å². The van der Waals surface area contributed by atoms with Crippen LogP contribution in [0.2, 0.25) is 5.02 Å². The Morgan fingerprint density at radius 3 is 2.82 bits per heavy atom. The van der Waals surface area contributed by atoms with Crippen molar-refractivity contribution in [1.29, 1.82) is 0 Å². The van der Waals surface area contributed by atoms with Gasteiger partial charge in [0.05, 0.1) is 23.6 Å². The number of aliphatic imine (C=N–C) groups is 1. The minimum Gasteiger partial charge on any atom is -0.395 e. The van der Waals surface area contributed by atoms with Gasteiger partial charge in [0.25, 0.3) is 0 Å². The summed E-state index contributed by atoms with van der Waals surface area (Å²) in [6, 6.07) is 5.05. The molecule has 0 radical (unpaired) electrons. The number of ketones is 1. The Morgan fingerprint density at radius 1 is 1.29 bits per heavy atom. The molecular formula is C22H19ClF3N5O3. The molecule has 0 spiro atoms. The Labute approximate surface area is 196 Å². The number of carbonyl (C=O) groups is 1. The van der Waals surface area contributed by atoms with E-state index in [1.54, 1.807) is 13.0 Å². The van der Waals surface area contributed by atoms with E-state index >= 15 is 0 Å². The van der Waals surface area contributed by atoms with Crippen LogP contribution in [0.1, 0.15) is 52.3 Å². The molecule has 178 valence electrons. The van der Waals surface area contributed by atoms with Crippen molar-refractivity contribution < 1.29 is 27.6 Å². The molecule has 4 rings (SSSR count). The van der Waals surface area contributed by atoms with E-state index in [1.165, 1.54) is 12.4 Å². The molecule has 8 nitrogen and oxygen atoms in total. The van der Waals surface area contributed by atoms with E-state index in [0.717, 1.165) is 12.1 Å². The van der Waals surface area contributed by atoms with Crippen LogP contribution in [0.15, 0.2) is 40.1 Å². The third-order valence-electron chi connectivity index (χ3n) is 5.28. The van der Waals surface area contributed by atoms with Gasteiger partial charge in [0.2, 0.25) is 0 Å². The van der Waals surface area contributed by atoms with Crippen LogP contribution < -0.4 is 5.32 Å². The fraction of sp³-hybridized carbons (Fsp3) is 0.318. The van der Waals surface area contributed by atoms with Gasteiger partial charge in [-0.1, -0.05) is 23.7 Å². The molecule has 2 aromatic heterocycles. The summed E-state index contributed by atoms with van der Waals surface area (Å²) in [6.07, 6.45) is -3.01. The number of anilines is 1. The molecule has 0 saturated heterocycles. The third kappa shape index (κ3) is 4.95. The van der Waals surface area contributed by atoms with E-state index in [9.17, 15) is 18.0 Å². The first-order valence-corrected chi connectivity index (χ1v) is 10.7. The van der Waals surface area contributed by atoms with Crippen molar-refractivity contribution in [3.8, 4) is 0 Å². The standard InChI is InChI=1S/C22H19ClF3N5O3/c1-11(6-17(33)20-19(23)21(27-4-5-32)29-10-28-20)18-9-16(31-34-18)15-8-12-7-13(22(24,25)26)2-3-14(12)30-15/h2-3,7,9-11,32H,4-6,8H2,1H3,(H,27,28,29)/t11-/m0/s1. The highest BCUT2D eigenvalue weighted by atomic mass is 35.5. The zero-order valence-corrected chi connectivity index (χ0v) is 18.6. The van der Waals surface area contributed by atoms with Crippen molar-refractivity contribution in [3.63, 3.8) is 0 Å². The van der Waals surface area contributed by atoms with Gasteiger partial charge in [0.1, 0.15) is 34.3 Å². The number of nitrogens with zero attached hydrogens (tertiary/aromatic N) is 4. The predicted molar refractivity (Wildman–Crippen MR) is 118 cm³/mol. The lowest BCUT2D eigenvalue weighted by Gasteiger charge is -2.10. The van der Waals surface area contributed by atoms with Gasteiger partial charge in [0, 0.05) is 31.4 Å². The number of aromatic nitrogens is 3. The van der Waals surface area contributed by atoms with Crippen molar-refractivity contribution in [3.05, 3.63) is 63.9 Å². The molecule has 3 heterocycles. The first-order chi connectivity index (χ1) is 16.2. The van der Waals surface area contributed by atoms with Crippen molar-refractivity contribution in [2.45, 2.75) is 31.9 Å². The molecule has 12 heteroatoms. The quantitative estimate of drug-likeness (QED) is 0.441. The first-order valence-electron chi connectivity index (χ1n) is 10.3. The molecule has 1 atom stereocenters. The highest BCUT2D eigenvalue weighted by molar-refractivity contribution is 6.35. The molecule has 1 aromatic carbocycles. The zero-order valence-electron chi connectivity index (χ0n) is 17.9. The van der Waals surface area contributed by atoms with Crippen LogP contribution in [0.4, 0.5) is 24.7 Å². The predicted octanol–water partition coefficient (Wildman–Crippen LogP) is 4.59. The second-order valence-electron chi connectivity index (χ2n) is 7.75. The number of halogens is 4. The largest absolute Gasteiger partial charge is 0.416 e. The van der Waals surface area contributed by atoms with Crippen molar-refractivity contribution in [1.82, 2.24) is 15.1 Å². The molecule has 0 unspecified atom stereocenters. The van der Waals surface area contributed by atoms with Crippen LogP contribution in [-0.4, -0.2) is 44.9 Å². The molecule has 2 N–H and O–H groups in total. The van der Waals surface area contributed by atoms with Gasteiger partial charge in [-0.15, -0.1) is 0 Å². The highest BCUT2D eigenvalue weighted by Crippen LogP contribution is 2.36. The van der Waals surface area contributed by atoms with Gasteiger partial charge in [-0.25, -0.2) is 9.97 Å². The summed E-state index contributed by atoms with van der Waals surface area (Å²) >= 11 is 6.23. The Balaban J connectivity index is 1.45. The fourth-order valence-corrected chi connectivity index (χ4v) is 3.79. The molecule has 1 aliphatic rings. The lowest BCUT2D eigenvalue weighted by Crippen LogP contribution is -2.12. The van der Waals surface area contributed by atoms with Crippen LogP contribution in [0.25, 0.3) is 0 Å². The van der Waals surface area contributed by atoms with Crippen LogP contribution >= 0.6 is 11.6 Å². The second-order valence-corrected chi connectivity index (χ2v) is 8.13. The molecule has 0 amide bonds. The van der Waals surface area contributed by atoms with E-state index in [0.29, 0.717) is 28.4 Å². The Morgan fingerprint density at radius 2 is 2.09 bits per heavy atom. The summed E-state index contributed by atoms with van der Waals surface area (Å²) in [5.74, 6) is -0.0528. The molecule has 0 aliphatic carbocycles. The van der Waals surface area contributed by atoms with Gasteiger partial charge < -0.3 is 14.9 Å². The van der Waals surface area contributed by atoms with Crippen LogP contribution in [0, 0.1) is 0 Å². The van der Waals surface area contributed by atoms with Crippen LogP contribution in [-0.2, 0) is 12.6 Å². The van der Waals surface area contributed by atoms with Gasteiger partial charge in [-0.3, -0.25) is 9.79 Å². The molecule has 3 aromatic rings. The summed E-state index contributed by atoms with van der Waals surface area (Å²) in [7, 11) is 0. The van der Waals surface area contributed by atoms with Crippen molar-refractivity contribution in [2.75, 3.05) is 18.5 Å². The number of aliphatic hydroxyl groups excluding tert-OH is 1. The van der Waals surface area contributed by atoms with E-state index in [1.807, 2.05) is 0 Å². The molecule has 0 bridgehead atoms. The number of nitrogens with one attached hydrogen (secondary N) is 1. The van der Waals surface area contributed by atoms with Gasteiger partial charge >= 0.3 is 6.18 Å². The average Bonchev–Trinajstić information content (AvgIpc) is 3.44. The molecule has 0 fully saturated rings. The molecule has 34 heavy (non-hydrogen) atoms. The summed E-state index contributed by atoms with van der Waals surface area (Å²) in [5.41, 5.74) is 1.12.